The molecule has 1 aromatic carbocycles. The molecule has 0 aliphatic heterocycles. The highest BCUT2D eigenvalue weighted by Gasteiger charge is 2.10. The van der Waals surface area contributed by atoms with E-state index >= 15 is 0 Å². The second kappa shape index (κ2) is 7.83. The number of benzene rings is 1. The topological polar surface area (TPSA) is 111 Å². The Morgan fingerprint density at radius 3 is 2.87 bits per heavy atom. The molecule has 2 rings (SSSR count). The number of ether oxygens (including phenoxy) is 1. The third-order valence-corrected chi connectivity index (χ3v) is 3.17. The summed E-state index contributed by atoms with van der Waals surface area (Å²) in [5, 5.41) is 5.39. The molecule has 0 fully saturated rings. The fourth-order valence-electron chi connectivity index (χ4n) is 2.01. The number of urea groups is 1. The minimum absolute atomic E-state index is 0.293. The highest BCUT2D eigenvalue weighted by atomic mass is 16.5. The first-order valence-electron chi connectivity index (χ1n) is 7.08. The molecule has 1 aromatic heterocycles. The predicted octanol–water partition coefficient (Wildman–Crippen LogP) is 1.20. The number of nitrogens with zero attached hydrogens (tertiary/aromatic N) is 2. The third-order valence-electron chi connectivity index (χ3n) is 3.17. The minimum atomic E-state index is -0.573. The fourth-order valence-corrected chi connectivity index (χ4v) is 2.01. The van der Waals surface area contributed by atoms with E-state index in [0.717, 1.165) is 13.0 Å². The maximum Gasteiger partial charge on any atom is 0.319 e. The number of methoxy groups -OCH3 is 1. The third kappa shape index (κ3) is 4.73. The maximum atomic E-state index is 11.9. The number of imidazole rings is 1. The van der Waals surface area contributed by atoms with Crippen LogP contribution in [0.5, 0.6) is 5.75 Å². The van der Waals surface area contributed by atoms with Crippen LogP contribution in [0.25, 0.3) is 0 Å². The molecule has 4 N–H and O–H groups in total. The fraction of sp³-hybridized carbons (Fsp3) is 0.267. The van der Waals surface area contributed by atoms with Gasteiger partial charge < -0.3 is 25.7 Å². The largest absolute Gasteiger partial charge is 0.495 e. The van der Waals surface area contributed by atoms with Crippen molar-refractivity contribution in [1.29, 1.82) is 0 Å². The molecule has 8 nitrogen and oxygen atoms in total. The summed E-state index contributed by atoms with van der Waals surface area (Å²) in [5.74, 6) is -0.125. The Morgan fingerprint density at radius 1 is 1.39 bits per heavy atom. The lowest BCUT2D eigenvalue weighted by Crippen LogP contribution is -2.30. The van der Waals surface area contributed by atoms with Crippen molar-refractivity contribution in [3.63, 3.8) is 0 Å². The monoisotopic (exact) mass is 317 g/mol. The molecule has 0 saturated heterocycles. The van der Waals surface area contributed by atoms with Gasteiger partial charge in [0.15, 0.2) is 0 Å². The van der Waals surface area contributed by atoms with E-state index in [0.29, 0.717) is 23.5 Å². The molecule has 2 aromatic rings. The number of aromatic nitrogens is 2. The Kier molecular flexibility index (Phi) is 5.56. The Hall–Kier alpha value is -3.03. The maximum absolute atomic E-state index is 11.9. The Balaban J connectivity index is 1.86. The van der Waals surface area contributed by atoms with Gasteiger partial charge in [-0.3, -0.25) is 4.79 Å². The van der Waals surface area contributed by atoms with Crippen LogP contribution in [0.15, 0.2) is 36.9 Å². The summed E-state index contributed by atoms with van der Waals surface area (Å²) in [7, 11) is 1.48. The molecule has 1 heterocycles. The average molecular weight is 317 g/mol. The van der Waals surface area contributed by atoms with Gasteiger partial charge in [-0.25, -0.2) is 9.78 Å². The summed E-state index contributed by atoms with van der Waals surface area (Å²) >= 11 is 0. The molecule has 0 unspecified atom stereocenters. The number of rotatable bonds is 7. The molecule has 0 saturated carbocycles. The van der Waals surface area contributed by atoms with Crippen LogP contribution in [0.4, 0.5) is 10.5 Å². The molecule has 0 bridgehead atoms. The van der Waals surface area contributed by atoms with E-state index in [4.69, 9.17) is 10.5 Å². The number of nitrogens with one attached hydrogen (secondary N) is 2. The van der Waals surface area contributed by atoms with E-state index in [9.17, 15) is 9.59 Å². The van der Waals surface area contributed by atoms with Crippen molar-refractivity contribution in [2.45, 2.75) is 13.0 Å². The van der Waals surface area contributed by atoms with Crippen molar-refractivity contribution in [2.24, 2.45) is 5.73 Å². The molecule has 8 heteroatoms. The van der Waals surface area contributed by atoms with Gasteiger partial charge in [-0.15, -0.1) is 0 Å². The van der Waals surface area contributed by atoms with Crippen molar-refractivity contribution in [3.8, 4) is 5.75 Å². The molecule has 0 atom stereocenters. The van der Waals surface area contributed by atoms with Crippen LogP contribution in [-0.2, 0) is 6.54 Å². The van der Waals surface area contributed by atoms with E-state index < -0.39 is 5.91 Å². The first-order valence-corrected chi connectivity index (χ1v) is 7.08. The van der Waals surface area contributed by atoms with Gasteiger partial charge in [-0.05, 0) is 24.6 Å². The quantitative estimate of drug-likeness (QED) is 0.666. The number of amides is 3. The Morgan fingerprint density at radius 2 is 2.22 bits per heavy atom. The van der Waals surface area contributed by atoms with E-state index in [1.807, 2.05) is 10.8 Å². The Bertz CT molecular complexity index is 670. The Labute approximate surface area is 133 Å². The average Bonchev–Trinajstić information content (AvgIpc) is 3.04. The number of carbonyl (C=O) groups excluding carboxylic acids is 2. The predicted molar refractivity (Wildman–Crippen MR) is 85.4 cm³/mol. The van der Waals surface area contributed by atoms with E-state index in [2.05, 4.69) is 15.6 Å². The molecule has 23 heavy (non-hydrogen) atoms. The van der Waals surface area contributed by atoms with Crippen LogP contribution in [0, 0.1) is 0 Å². The smallest absolute Gasteiger partial charge is 0.319 e. The van der Waals surface area contributed by atoms with Crippen LogP contribution in [0.2, 0.25) is 0 Å². The van der Waals surface area contributed by atoms with Gasteiger partial charge in [0.2, 0.25) is 5.91 Å². The lowest BCUT2D eigenvalue weighted by Gasteiger charge is -2.12. The molecular weight excluding hydrogens is 298 g/mol. The molecule has 0 aliphatic carbocycles. The number of nitrogens with two attached hydrogens (primary N) is 1. The van der Waals surface area contributed by atoms with Gasteiger partial charge in [0, 0.05) is 31.0 Å². The number of aryl methyl sites for hydroxylation is 1. The zero-order valence-corrected chi connectivity index (χ0v) is 12.8. The second-order valence-corrected chi connectivity index (χ2v) is 4.81. The van der Waals surface area contributed by atoms with Crippen molar-refractivity contribution in [2.75, 3.05) is 19.0 Å². The van der Waals surface area contributed by atoms with Crippen molar-refractivity contribution >= 4 is 17.6 Å². The van der Waals surface area contributed by atoms with Gasteiger partial charge in [0.25, 0.3) is 0 Å². The standard InChI is InChI=1S/C15H19N5O3/c1-23-13-4-3-11(14(16)21)9-12(13)19-15(22)18-5-2-7-20-8-6-17-10-20/h3-4,6,8-10H,2,5,7H2,1H3,(H2,16,21)(H2,18,19,22). The number of hydrogen-bond donors (Lipinski definition) is 3. The number of carbonyl (C=O) groups is 2. The first-order chi connectivity index (χ1) is 11.1. The second-order valence-electron chi connectivity index (χ2n) is 4.81. The molecule has 122 valence electrons. The zero-order chi connectivity index (χ0) is 16.7. The zero-order valence-electron chi connectivity index (χ0n) is 12.8. The highest BCUT2D eigenvalue weighted by Crippen LogP contribution is 2.25. The lowest BCUT2D eigenvalue weighted by molar-refractivity contribution is 0.1000. The summed E-state index contributed by atoms with van der Waals surface area (Å²) in [5.41, 5.74) is 5.91. The van der Waals surface area contributed by atoms with Crippen LogP contribution in [-0.4, -0.2) is 35.1 Å². The van der Waals surface area contributed by atoms with Gasteiger partial charge >= 0.3 is 6.03 Å². The van der Waals surface area contributed by atoms with Crippen LogP contribution < -0.4 is 21.1 Å². The van der Waals surface area contributed by atoms with Crippen LogP contribution in [0.3, 0.4) is 0 Å². The SMILES string of the molecule is COc1ccc(C(N)=O)cc1NC(=O)NCCCn1ccnc1. The molecule has 0 radical (unpaired) electrons. The van der Waals surface area contributed by atoms with E-state index in [1.165, 1.54) is 19.2 Å². The van der Waals surface area contributed by atoms with Crippen molar-refractivity contribution in [3.05, 3.63) is 42.5 Å². The summed E-state index contributed by atoms with van der Waals surface area (Å²) in [6.07, 6.45) is 6.06. The normalized spacial score (nSPS) is 10.1. The van der Waals surface area contributed by atoms with Gasteiger partial charge in [-0.2, -0.15) is 0 Å². The number of primary amides is 1. The van der Waals surface area contributed by atoms with Crippen LogP contribution in [0.1, 0.15) is 16.8 Å². The van der Waals surface area contributed by atoms with Gasteiger partial charge in [0.05, 0.1) is 19.1 Å². The van der Waals surface area contributed by atoms with E-state index in [-0.39, 0.29) is 6.03 Å². The van der Waals surface area contributed by atoms with Crippen LogP contribution >= 0.6 is 0 Å². The summed E-state index contributed by atoms with van der Waals surface area (Å²) in [6.45, 7) is 1.27. The van der Waals surface area contributed by atoms with Crippen molar-refractivity contribution < 1.29 is 14.3 Å². The molecule has 0 aliphatic rings. The van der Waals surface area contributed by atoms with Gasteiger partial charge in [0.1, 0.15) is 5.75 Å². The summed E-state index contributed by atoms with van der Waals surface area (Å²) in [6, 6.07) is 4.21. The summed E-state index contributed by atoms with van der Waals surface area (Å²) < 4.78 is 7.08. The lowest BCUT2D eigenvalue weighted by atomic mass is 10.2. The molecule has 0 spiro atoms. The van der Waals surface area contributed by atoms with E-state index in [1.54, 1.807) is 18.6 Å². The summed E-state index contributed by atoms with van der Waals surface area (Å²) in [4.78, 5) is 27.1. The minimum Gasteiger partial charge on any atom is -0.495 e. The molecular formula is C15H19N5O3. The highest BCUT2D eigenvalue weighted by molar-refractivity contribution is 5.97. The number of anilines is 1. The van der Waals surface area contributed by atoms with Gasteiger partial charge in [-0.1, -0.05) is 0 Å². The number of hydrogen-bond acceptors (Lipinski definition) is 4. The first kappa shape index (κ1) is 16.3. The molecule has 3 amide bonds. The van der Waals surface area contributed by atoms with Crippen molar-refractivity contribution in [1.82, 2.24) is 14.9 Å².